The van der Waals surface area contributed by atoms with Gasteiger partial charge in [0.15, 0.2) is 0 Å². The van der Waals surface area contributed by atoms with Gasteiger partial charge in [-0.05, 0) is 38.6 Å². The highest BCUT2D eigenvalue weighted by Gasteiger charge is 2.31. The molecule has 0 saturated carbocycles. The van der Waals surface area contributed by atoms with Gasteiger partial charge in [0, 0.05) is 18.7 Å². The molecule has 4 heteroatoms. The third-order valence-electron chi connectivity index (χ3n) is 4.06. The van der Waals surface area contributed by atoms with E-state index in [0.717, 1.165) is 32.4 Å². The van der Waals surface area contributed by atoms with Crippen LogP contribution in [0.25, 0.3) is 0 Å². The number of rotatable bonds is 2. The molecule has 0 aromatic rings. The Balaban J connectivity index is 1.87. The zero-order chi connectivity index (χ0) is 12.3. The molecule has 0 aromatic heterocycles. The summed E-state index contributed by atoms with van der Waals surface area (Å²) in [5.74, 6) is 0.793. The number of carbonyl (C=O) groups excluding carboxylic acids is 1. The second kappa shape index (κ2) is 5.83. The number of ether oxygens (including phenoxy) is 1. The fraction of sp³-hybridized carbons (Fsp3) is 0.923. The Morgan fingerprint density at radius 1 is 1.35 bits per heavy atom. The van der Waals surface area contributed by atoms with Crippen LogP contribution in [-0.4, -0.2) is 37.7 Å². The van der Waals surface area contributed by atoms with Crippen molar-refractivity contribution in [3.63, 3.8) is 0 Å². The van der Waals surface area contributed by atoms with Crippen molar-refractivity contribution < 1.29 is 9.53 Å². The highest BCUT2D eigenvalue weighted by molar-refractivity contribution is 5.79. The molecule has 2 aliphatic rings. The Bertz CT molecular complexity index is 254. The first-order valence-corrected chi connectivity index (χ1v) is 6.80. The summed E-state index contributed by atoms with van der Waals surface area (Å²) in [6.07, 6.45) is 3.11. The quantitative estimate of drug-likeness (QED) is 0.754. The Morgan fingerprint density at radius 2 is 2.18 bits per heavy atom. The molecule has 0 spiro atoms. The van der Waals surface area contributed by atoms with Gasteiger partial charge in [-0.3, -0.25) is 4.79 Å². The van der Waals surface area contributed by atoms with E-state index in [2.05, 4.69) is 24.5 Å². The van der Waals surface area contributed by atoms with Crippen LogP contribution < -0.4 is 10.6 Å². The highest BCUT2D eigenvalue weighted by atomic mass is 16.5. The van der Waals surface area contributed by atoms with Crippen LogP contribution in [0.1, 0.15) is 33.1 Å². The van der Waals surface area contributed by atoms with Crippen LogP contribution in [0, 0.1) is 11.8 Å². The van der Waals surface area contributed by atoms with Crippen molar-refractivity contribution in [3.05, 3.63) is 0 Å². The number of hydrogen-bond donors (Lipinski definition) is 2. The van der Waals surface area contributed by atoms with Crippen molar-refractivity contribution in [3.8, 4) is 0 Å². The maximum Gasteiger partial charge on any atom is 0.225 e. The molecule has 2 fully saturated rings. The van der Waals surface area contributed by atoms with Crippen LogP contribution in [0.2, 0.25) is 0 Å². The van der Waals surface area contributed by atoms with Gasteiger partial charge in [0.05, 0.1) is 12.5 Å². The van der Waals surface area contributed by atoms with E-state index in [-0.39, 0.29) is 17.9 Å². The molecule has 4 atom stereocenters. The average molecular weight is 240 g/mol. The average Bonchev–Trinajstić information content (AvgIpc) is 2.35. The van der Waals surface area contributed by atoms with Crippen molar-refractivity contribution >= 4 is 5.91 Å². The summed E-state index contributed by atoms with van der Waals surface area (Å²) in [4.78, 5) is 12.1. The minimum atomic E-state index is 0.0603. The van der Waals surface area contributed by atoms with Crippen molar-refractivity contribution in [2.75, 3.05) is 19.8 Å². The maximum absolute atomic E-state index is 12.1. The summed E-state index contributed by atoms with van der Waals surface area (Å²) in [5, 5.41) is 6.63. The minimum absolute atomic E-state index is 0.0603. The van der Waals surface area contributed by atoms with Gasteiger partial charge in [-0.25, -0.2) is 0 Å². The molecule has 0 aliphatic carbocycles. The van der Waals surface area contributed by atoms with Crippen molar-refractivity contribution in [1.82, 2.24) is 10.6 Å². The first kappa shape index (κ1) is 12.8. The van der Waals surface area contributed by atoms with Gasteiger partial charge in [0.1, 0.15) is 0 Å². The molecule has 0 radical (unpaired) electrons. The van der Waals surface area contributed by atoms with E-state index in [1.807, 2.05) is 0 Å². The Morgan fingerprint density at radius 3 is 2.82 bits per heavy atom. The fourth-order valence-electron chi connectivity index (χ4n) is 2.83. The molecule has 2 aliphatic heterocycles. The van der Waals surface area contributed by atoms with Crippen LogP contribution >= 0.6 is 0 Å². The van der Waals surface area contributed by atoms with Gasteiger partial charge >= 0.3 is 0 Å². The predicted molar refractivity (Wildman–Crippen MR) is 66.7 cm³/mol. The Labute approximate surface area is 103 Å². The first-order valence-electron chi connectivity index (χ1n) is 6.80. The first-order chi connectivity index (χ1) is 8.18. The third-order valence-corrected chi connectivity index (χ3v) is 4.06. The topological polar surface area (TPSA) is 50.4 Å². The summed E-state index contributed by atoms with van der Waals surface area (Å²) >= 11 is 0. The summed E-state index contributed by atoms with van der Waals surface area (Å²) in [7, 11) is 0. The standard InChI is InChI=1S/C13H24N2O2/c1-9-5-6-14-10(2)12(9)15-13(16)11-4-3-7-17-8-11/h9-12,14H,3-8H2,1-2H3,(H,15,16). The van der Waals surface area contributed by atoms with E-state index in [1.54, 1.807) is 0 Å². The number of hydrogen-bond acceptors (Lipinski definition) is 3. The monoisotopic (exact) mass is 240 g/mol. The van der Waals surface area contributed by atoms with E-state index in [9.17, 15) is 4.79 Å². The van der Waals surface area contributed by atoms with Gasteiger partial charge in [-0.1, -0.05) is 6.92 Å². The molecule has 2 N–H and O–H groups in total. The van der Waals surface area contributed by atoms with Crippen LogP contribution in [0.5, 0.6) is 0 Å². The lowest BCUT2D eigenvalue weighted by Crippen LogP contribution is -2.57. The predicted octanol–water partition coefficient (Wildman–Crippen LogP) is 0.916. The highest BCUT2D eigenvalue weighted by Crippen LogP contribution is 2.19. The smallest absolute Gasteiger partial charge is 0.225 e. The molecule has 2 rings (SSSR count). The van der Waals surface area contributed by atoms with Crippen LogP contribution in [0.4, 0.5) is 0 Å². The van der Waals surface area contributed by atoms with Gasteiger partial charge in [-0.15, -0.1) is 0 Å². The fourth-order valence-corrected chi connectivity index (χ4v) is 2.83. The van der Waals surface area contributed by atoms with E-state index >= 15 is 0 Å². The van der Waals surface area contributed by atoms with Crippen LogP contribution in [0.3, 0.4) is 0 Å². The molecule has 2 heterocycles. The van der Waals surface area contributed by atoms with E-state index < -0.39 is 0 Å². The molecule has 98 valence electrons. The van der Waals surface area contributed by atoms with E-state index in [0.29, 0.717) is 18.6 Å². The molecule has 0 aromatic carbocycles. The van der Waals surface area contributed by atoms with Crippen LogP contribution in [0.15, 0.2) is 0 Å². The lowest BCUT2D eigenvalue weighted by Gasteiger charge is -2.37. The molecular formula is C13H24N2O2. The zero-order valence-electron chi connectivity index (χ0n) is 10.9. The summed E-state index contributed by atoms with van der Waals surface area (Å²) < 4.78 is 5.37. The Hall–Kier alpha value is -0.610. The largest absolute Gasteiger partial charge is 0.381 e. The lowest BCUT2D eigenvalue weighted by molar-refractivity contribution is -0.130. The minimum Gasteiger partial charge on any atom is -0.381 e. The number of piperidine rings is 1. The molecular weight excluding hydrogens is 216 g/mol. The van der Waals surface area contributed by atoms with E-state index in [1.165, 1.54) is 0 Å². The van der Waals surface area contributed by atoms with Crippen molar-refractivity contribution in [2.24, 2.45) is 11.8 Å². The number of nitrogens with one attached hydrogen (secondary N) is 2. The molecule has 2 saturated heterocycles. The third kappa shape index (κ3) is 3.19. The van der Waals surface area contributed by atoms with Gasteiger partial charge in [0.2, 0.25) is 5.91 Å². The molecule has 1 amide bonds. The van der Waals surface area contributed by atoms with Crippen molar-refractivity contribution in [1.29, 1.82) is 0 Å². The summed E-state index contributed by atoms with van der Waals surface area (Å²) in [6.45, 7) is 6.83. The summed E-state index contributed by atoms with van der Waals surface area (Å²) in [6, 6.07) is 0.630. The van der Waals surface area contributed by atoms with Gasteiger partial charge in [0.25, 0.3) is 0 Å². The van der Waals surface area contributed by atoms with Crippen LogP contribution in [-0.2, 0) is 9.53 Å². The zero-order valence-corrected chi connectivity index (χ0v) is 10.9. The number of amides is 1. The molecule has 17 heavy (non-hydrogen) atoms. The Kier molecular flexibility index (Phi) is 4.40. The second-order valence-electron chi connectivity index (χ2n) is 5.46. The lowest BCUT2D eigenvalue weighted by atomic mass is 9.88. The number of carbonyl (C=O) groups is 1. The maximum atomic E-state index is 12.1. The molecule has 0 bridgehead atoms. The molecule has 4 unspecified atom stereocenters. The normalized spacial score (nSPS) is 38.7. The van der Waals surface area contributed by atoms with E-state index in [4.69, 9.17) is 4.74 Å². The van der Waals surface area contributed by atoms with Gasteiger partial charge < -0.3 is 15.4 Å². The molecule has 4 nitrogen and oxygen atoms in total. The SMILES string of the molecule is CC1CCNC(C)C1NC(=O)C1CCCOC1. The van der Waals surface area contributed by atoms with Crippen molar-refractivity contribution in [2.45, 2.75) is 45.2 Å². The second-order valence-corrected chi connectivity index (χ2v) is 5.46. The van der Waals surface area contributed by atoms with Gasteiger partial charge in [-0.2, -0.15) is 0 Å². The summed E-state index contributed by atoms with van der Waals surface area (Å²) in [5.41, 5.74) is 0.